The van der Waals surface area contributed by atoms with E-state index in [0.29, 0.717) is 16.8 Å². The van der Waals surface area contributed by atoms with Crippen molar-refractivity contribution in [1.29, 1.82) is 0 Å². The van der Waals surface area contributed by atoms with Gasteiger partial charge in [-0.1, -0.05) is 36.4 Å². The van der Waals surface area contributed by atoms with Crippen LogP contribution in [0, 0.1) is 0 Å². The Hall–Kier alpha value is -3.30. The second kappa shape index (κ2) is 9.29. The van der Waals surface area contributed by atoms with E-state index in [1.54, 1.807) is 36.7 Å². The van der Waals surface area contributed by atoms with Crippen LogP contribution >= 0.6 is 0 Å². The Morgan fingerprint density at radius 3 is 2.33 bits per heavy atom. The van der Waals surface area contributed by atoms with Crippen LogP contribution in [0.1, 0.15) is 48.7 Å². The van der Waals surface area contributed by atoms with E-state index >= 15 is 0 Å². The Balaban J connectivity index is 1.24. The average molecular weight is 495 g/mol. The molecule has 1 unspecified atom stereocenters. The van der Waals surface area contributed by atoms with Crippen LogP contribution in [0.4, 0.5) is 13.2 Å². The van der Waals surface area contributed by atoms with Crippen molar-refractivity contribution >= 4 is 5.70 Å². The number of nitrogens with one attached hydrogen (secondary N) is 5. The van der Waals surface area contributed by atoms with Crippen molar-refractivity contribution < 1.29 is 13.2 Å². The molecule has 5 N–H and O–H groups in total. The van der Waals surface area contributed by atoms with Crippen molar-refractivity contribution in [2.75, 3.05) is 13.1 Å². The number of imidazole rings is 1. The Morgan fingerprint density at radius 1 is 0.861 bits per heavy atom. The third-order valence-electron chi connectivity index (χ3n) is 7.35. The normalized spacial score (nSPS) is 24.0. The Bertz CT molecular complexity index is 1250. The van der Waals surface area contributed by atoms with Gasteiger partial charge in [0, 0.05) is 12.2 Å². The van der Waals surface area contributed by atoms with Gasteiger partial charge in [-0.15, -0.1) is 0 Å². The minimum absolute atomic E-state index is 0.0171. The number of aromatic nitrogens is 2. The van der Waals surface area contributed by atoms with Gasteiger partial charge in [0.25, 0.3) is 0 Å². The monoisotopic (exact) mass is 494 g/mol. The van der Waals surface area contributed by atoms with E-state index in [9.17, 15) is 13.2 Å². The van der Waals surface area contributed by atoms with Gasteiger partial charge in [0.2, 0.25) is 0 Å². The lowest BCUT2D eigenvalue weighted by Crippen LogP contribution is -2.47. The van der Waals surface area contributed by atoms with Gasteiger partial charge in [0.1, 0.15) is 12.0 Å². The van der Waals surface area contributed by atoms with E-state index < -0.39 is 11.7 Å². The van der Waals surface area contributed by atoms with E-state index in [0.717, 1.165) is 55.9 Å². The lowest BCUT2D eigenvalue weighted by atomic mass is 9.95. The second-order valence-electron chi connectivity index (χ2n) is 9.72. The minimum atomic E-state index is -4.48. The van der Waals surface area contributed by atoms with E-state index in [-0.39, 0.29) is 23.8 Å². The maximum absolute atomic E-state index is 14.1. The molecule has 1 aromatic heterocycles. The van der Waals surface area contributed by atoms with Gasteiger partial charge in [-0.3, -0.25) is 0 Å². The van der Waals surface area contributed by atoms with Crippen LogP contribution < -0.4 is 21.3 Å². The maximum Gasteiger partial charge on any atom is 0.417 e. The summed E-state index contributed by atoms with van der Waals surface area (Å²) in [6.45, 7) is 1.95. The summed E-state index contributed by atoms with van der Waals surface area (Å²) in [5.74, 6) is 0.900. The third-order valence-corrected chi connectivity index (χ3v) is 7.35. The standard InChI is InChI=1S/C27H29F3N6/c28-27(29,30)20-13-18(24-15-34-26(36-24)22-4-2-12-32-22)9-10-19(20)16-5-7-17(8-6-16)23-14-33-25(35-23)21-3-1-11-31-21/h5-10,13-15,21-22,26,31-32,34,36H,1-4,11-12H2,(H,33,35)/t21-,22-,26?/m0/s1. The SMILES string of the molecule is FC(F)(F)c1cc(C2=CNC([C@@H]3CCCN3)N2)ccc1-c1ccc(-c2cnc([C@@H]3CCCN3)[nH]2)cc1. The first-order chi connectivity index (χ1) is 17.5. The summed E-state index contributed by atoms with van der Waals surface area (Å²) in [6.07, 6.45) is 3.36. The molecule has 6 nitrogen and oxygen atoms in total. The van der Waals surface area contributed by atoms with Crippen LogP contribution in [0.25, 0.3) is 28.1 Å². The molecule has 2 saturated heterocycles. The first kappa shape index (κ1) is 23.1. The lowest BCUT2D eigenvalue weighted by molar-refractivity contribution is -0.137. The van der Waals surface area contributed by atoms with Crippen LogP contribution in [-0.2, 0) is 6.18 Å². The van der Waals surface area contributed by atoms with Crippen LogP contribution in [-0.4, -0.2) is 35.3 Å². The predicted octanol–water partition coefficient (Wildman–Crippen LogP) is 4.76. The van der Waals surface area contributed by atoms with Crippen LogP contribution in [0.2, 0.25) is 0 Å². The fraction of sp³-hybridized carbons (Fsp3) is 0.370. The van der Waals surface area contributed by atoms with Crippen molar-refractivity contribution in [3.63, 3.8) is 0 Å². The highest BCUT2D eigenvalue weighted by Gasteiger charge is 2.35. The molecule has 4 heterocycles. The molecule has 3 aliphatic heterocycles. The number of nitrogens with zero attached hydrogens (tertiary/aromatic N) is 1. The number of aromatic amines is 1. The van der Waals surface area contributed by atoms with Gasteiger partial charge >= 0.3 is 6.18 Å². The summed E-state index contributed by atoms with van der Waals surface area (Å²) >= 11 is 0. The quantitative estimate of drug-likeness (QED) is 0.354. The van der Waals surface area contributed by atoms with Gasteiger partial charge in [-0.25, -0.2) is 4.98 Å². The van der Waals surface area contributed by atoms with Crippen molar-refractivity contribution in [2.24, 2.45) is 0 Å². The van der Waals surface area contributed by atoms with Crippen molar-refractivity contribution in [3.8, 4) is 22.4 Å². The molecular formula is C27H29F3N6. The summed E-state index contributed by atoms with van der Waals surface area (Å²) in [7, 11) is 0. The summed E-state index contributed by atoms with van der Waals surface area (Å²) in [5, 5.41) is 13.4. The molecule has 0 bridgehead atoms. The summed E-state index contributed by atoms with van der Waals surface area (Å²) in [5.41, 5.74) is 2.98. The topological polar surface area (TPSA) is 76.8 Å². The largest absolute Gasteiger partial charge is 0.417 e. The lowest BCUT2D eigenvalue weighted by Gasteiger charge is -2.21. The molecule has 36 heavy (non-hydrogen) atoms. The molecule has 3 aliphatic rings. The van der Waals surface area contributed by atoms with Crippen molar-refractivity contribution in [1.82, 2.24) is 31.2 Å². The molecule has 2 fully saturated rings. The zero-order valence-corrected chi connectivity index (χ0v) is 19.8. The van der Waals surface area contributed by atoms with Crippen LogP contribution in [0.5, 0.6) is 0 Å². The fourth-order valence-electron chi connectivity index (χ4n) is 5.41. The average Bonchev–Trinajstić information content (AvgIpc) is 3.70. The number of benzene rings is 2. The molecule has 9 heteroatoms. The predicted molar refractivity (Wildman–Crippen MR) is 134 cm³/mol. The zero-order chi connectivity index (χ0) is 24.7. The van der Waals surface area contributed by atoms with Crippen molar-refractivity contribution in [2.45, 2.75) is 50.1 Å². The second-order valence-corrected chi connectivity index (χ2v) is 9.72. The third kappa shape index (κ3) is 4.49. The fourth-order valence-corrected chi connectivity index (χ4v) is 5.41. The van der Waals surface area contributed by atoms with Crippen LogP contribution in [0.15, 0.2) is 54.9 Å². The highest BCUT2D eigenvalue weighted by atomic mass is 19.4. The molecule has 6 rings (SSSR count). The van der Waals surface area contributed by atoms with Gasteiger partial charge in [0.15, 0.2) is 0 Å². The number of hydrogen-bond donors (Lipinski definition) is 5. The van der Waals surface area contributed by atoms with E-state index in [2.05, 4.69) is 31.2 Å². The molecule has 3 aromatic rings. The van der Waals surface area contributed by atoms with Crippen molar-refractivity contribution in [3.05, 3.63) is 71.8 Å². The Morgan fingerprint density at radius 2 is 1.61 bits per heavy atom. The molecular weight excluding hydrogens is 465 g/mol. The minimum Gasteiger partial charge on any atom is -0.368 e. The Kier molecular flexibility index (Phi) is 5.97. The highest BCUT2D eigenvalue weighted by Crippen LogP contribution is 2.39. The molecule has 0 radical (unpaired) electrons. The van der Waals surface area contributed by atoms with Gasteiger partial charge in [-0.2, -0.15) is 13.2 Å². The summed E-state index contributed by atoms with van der Waals surface area (Å²) in [6, 6.07) is 12.2. The maximum atomic E-state index is 14.1. The molecule has 188 valence electrons. The number of H-pyrrole nitrogens is 1. The number of hydrogen-bond acceptors (Lipinski definition) is 5. The van der Waals surface area contributed by atoms with Gasteiger partial charge < -0.3 is 26.3 Å². The van der Waals surface area contributed by atoms with E-state index in [1.807, 2.05) is 12.1 Å². The first-order valence-electron chi connectivity index (χ1n) is 12.5. The highest BCUT2D eigenvalue weighted by molar-refractivity contribution is 5.75. The smallest absolute Gasteiger partial charge is 0.368 e. The summed E-state index contributed by atoms with van der Waals surface area (Å²) < 4.78 is 42.4. The molecule has 3 atom stereocenters. The van der Waals surface area contributed by atoms with Gasteiger partial charge in [-0.05, 0) is 67.1 Å². The number of halogens is 3. The number of alkyl halides is 3. The molecule has 0 amide bonds. The Labute approximate surface area is 207 Å². The first-order valence-corrected chi connectivity index (χ1v) is 12.5. The zero-order valence-electron chi connectivity index (χ0n) is 19.8. The molecule has 0 aliphatic carbocycles. The number of rotatable bonds is 5. The van der Waals surface area contributed by atoms with Gasteiger partial charge in [0.05, 0.1) is 29.2 Å². The summed E-state index contributed by atoms with van der Waals surface area (Å²) in [4.78, 5) is 7.84. The van der Waals surface area contributed by atoms with Crippen LogP contribution in [0.3, 0.4) is 0 Å². The van der Waals surface area contributed by atoms with E-state index in [4.69, 9.17) is 0 Å². The molecule has 0 spiro atoms. The van der Waals surface area contributed by atoms with E-state index in [1.165, 1.54) is 6.07 Å². The molecule has 0 saturated carbocycles. The molecule has 2 aromatic carbocycles.